The van der Waals surface area contributed by atoms with Gasteiger partial charge < -0.3 is 20.0 Å². The van der Waals surface area contributed by atoms with E-state index in [1.807, 2.05) is 21.9 Å². The number of carbonyl (C=O) groups excluding carboxylic acids is 1. The summed E-state index contributed by atoms with van der Waals surface area (Å²) in [5.41, 5.74) is 2.05. The molecule has 1 atom stereocenters. The number of nitrogens with zero attached hydrogens (tertiary/aromatic N) is 6. The first kappa shape index (κ1) is 23.9. The Balaban J connectivity index is 1.37. The summed E-state index contributed by atoms with van der Waals surface area (Å²) in [4.78, 5) is 28.1. The third-order valence-electron chi connectivity index (χ3n) is 6.66. The topological polar surface area (TPSA) is 88.4 Å². The maximum Gasteiger partial charge on any atom is 0.227 e. The van der Waals surface area contributed by atoms with E-state index in [1.54, 1.807) is 19.1 Å². The Morgan fingerprint density at radius 3 is 2.59 bits per heavy atom. The molecule has 9 heteroatoms. The van der Waals surface area contributed by atoms with Gasteiger partial charge in [0.2, 0.25) is 11.9 Å². The Morgan fingerprint density at radius 2 is 1.88 bits per heavy atom. The van der Waals surface area contributed by atoms with Crippen molar-refractivity contribution in [3.8, 4) is 6.07 Å². The molecule has 0 unspecified atom stereocenters. The van der Waals surface area contributed by atoms with Gasteiger partial charge in [-0.3, -0.25) is 4.79 Å². The number of aryl methyl sites for hydroxylation is 1. The number of halogens is 1. The lowest BCUT2D eigenvalue weighted by molar-refractivity contribution is -0.125. The number of benzene rings is 1. The first-order valence-corrected chi connectivity index (χ1v) is 11.9. The summed E-state index contributed by atoms with van der Waals surface area (Å²) in [6, 6.07) is 9.52. The van der Waals surface area contributed by atoms with Crippen molar-refractivity contribution in [1.29, 1.82) is 5.26 Å². The van der Waals surface area contributed by atoms with Gasteiger partial charge in [-0.1, -0.05) is 12.1 Å². The molecule has 2 aliphatic rings. The molecular weight excluding hydrogens is 433 g/mol. The van der Waals surface area contributed by atoms with Crippen LogP contribution in [-0.2, 0) is 11.2 Å². The number of piperazine rings is 1. The fraction of sp³-hybridized carbons (Fsp3) is 0.520. The molecule has 2 aromatic rings. The first-order chi connectivity index (χ1) is 16.4. The lowest BCUT2D eigenvalue weighted by Gasteiger charge is -2.35. The maximum absolute atomic E-state index is 14.9. The van der Waals surface area contributed by atoms with Gasteiger partial charge in [-0.25, -0.2) is 9.37 Å². The third kappa shape index (κ3) is 5.62. The number of aromatic nitrogens is 2. The lowest BCUT2D eigenvalue weighted by Crippen LogP contribution is -2.46. The molecule has 1 aromatic carbocycles. The highest BCUT2D eigenvalue weighted by Crippen LogP contribution is 2.26. The molecule has 1 aromatic heterocycles. The highest BCUT2D eigenvalue weighted by atomic mass is 19.1. The summed E-state index contributed by atoms with van der Waals surface area (Å²) < 4.78 is 14.9. The molecule has 2 fully saturated rings. The molecule has 2 saturated heterocycles. The van der Waals surface area contributed by atoms with E-state index in [0.717, 1.165) is 51.1 Å². The predicted octanol–water partition coefficient (Wildman–Crippen LogP) is 2.12. The van der Waals surface area contributed by atoms with Gasteiger partial charge in [-0.05, 0) is 50.9 Å². The van der Waals surface area contributed by atoms with Gasteiger partial charge in [0.05, 0.1) is 23.2 Å². The normalized spacial score (nSPS) is 19.1. The van der Waals surface area contributed by atoms with Crippen molar-refractivity contribution in [3.63, 3.8) is 0 Å². The molecular formula is C25H32FN7O. The second kappa shape index (κ2) is 10.8. The molecule has 8 nitrogen and oxygen atoms in total. The summed E-state index contributed by atoms with van der Waals surface area (Å²) in [5, 5.41) is 11.9. The van der Waals surface area contributed by atoms with E-state index in [1.165, 1.54) is 0 Å². The van der Waals surface area contributed by atoms with Crippen LogP contribution in [0, 0.1) is 30.0 Å². The van der Waals surface area contributed by atoms with E-state index in [9.17, 15) is 9.18 Å². The van der Waals surface area contributed by atoms with Crippen LogP contribution in [0.2, 0.25) is 0 Å². The number of anilines is 2. The fourth-order valence-electron chi connectivity index (χ4n) is 4.49. The number of carbonyl (C=O) groups is 1. The average molecular weight is 466 g/mol. The quantitative estimate of drug-likeness (QED) is 0.699. The van der Waals surface area contributed by atoms with E-state index in [0.29, 0.717) is 42.5 Å². The molecule has 1 N–H and O–H groups in total. The zero-order valence-corrected chi connectivity index (χ0v) is 19.9. The van der Waals surface area contributed by atoms with E-state index in [-0.39, 0.29) is 17.6 Å². The molecule has 0 saturated carbocycles. The second-order valence-corrected chi connectivity index (χ2v) is 9.17. The van der Waals surface area contributed by atoms with E-state index in [4.69, 9.17) is 5.26 Å². The molecule has 1 amide bonds. The molecule has 0 radical (unpaired) electrons. The fourth-order valence-corrected chi connectivity index (χ4v) is 4.49. The van der Waals surface area contributed by atoms with Gasteiger partial charge in [0.1, 0.15) is 0 Å². The van der Waals surface area contributed by atoms with Gasteiger partial charge >= 0.3 is 0 Å². The Hall–Kier alpha value is -3.25. The summed E-state index contributed by atoms with van der Waals surface area (Å²) in [7, 11) is 2.06. The van der Waals surface area contributed by atoms with Crippen LogP contribution in [0.1, 0.15) is 29.7 Å². The van der Waals surface area contributed by atoms with Crippen LogP contribution >= 0.6 is 0 Å². The van der Waals surface area contributed by atoms with Crippen LogP contribution < -0.4 is 15.1 Å². The number of nitrogens with one attached hydrogen (secondary N) is 1. The van der Waals surface area contributed by atoms with Crippen molar-refractivity contribution in [1.82, 2.24) is 20.2 Å². The SMILES string of the molecule is Cc1nc(N2CCC[C@@H](C(=O)NCCc3ccc(C#N)cc3)C2)nc(N2CCN(C)CC2)c1F. The van der Waals surface area contributed by atoms with Crippen LogP contribution in [-0.4, -0.2) is 73.6 Å². The number of amides is 1. The standard InChI is InChI=1S/C25H32FN7O/c1-18-22(26)23(32-14-12-31(2)13-15-32)30-25(29-18)33-11-3-4-21(17-33)24(34)28-10-9-19-5-7-20(16-27)8-6-19/h5-8,21H,3-4,9-15,17H2,1-2H3,(H,28,34)/t21-/m1/s1. The van der Waals surface area contributed by atoms with E-state index in [2.05, 4.69) is 33.3 Å². The van der Waals surface area contributed by atoms with Gasteiger partial charge in [-0.2, -0.15) is 10.2 Å². The van der Waals surface area contributed by atoms with Gasteiger partial charge in [0.25, 0.3) is 0 Å². The summed E-state index contributed by atoms with van der Waals surface area (Å²) in [6.45, 7) is 6.69. The number of likely N-dealkylation sites (N-methyl/N-ethyl adjacent to an activating group) is 1. The maximum atomic E-state index is 14.9. The number of hydrogen-bond acceptors (Lipinski definition) is 7. The number of hydrogen-bond donors (Lipinski definition) is 1. The van der Waals surface area contributed by atoms with Crippen molar-refractivity contribution in [2.24, 2.45) is 5.92 Å². The summed E-state index contributed by atoms with van der Waals surface area (Å²) in [5.74, 6) is 0.377. The van der Waals surface area contributed by atoms with Crippen LogP contribution in [0.3, 0.4) is 0 Å². The van der Waals surface area contributed by atoms with Crippen LogP contribution in [0.5, 0.6) is 0 Å². The Morgan fingerprint density at radius 1 is 1.15 bits per heavy atom. The van der Waals surface area contributed by atoms with Gasteiger partial charge in [0, 0.05) is 45.8 Å². The van der Waals surface area contributed by atoms with Crippen molar-refractivity contribution in [3.05, 3.63) is 46.9 Å². The predicted molar refractivity (Wildman–Crippen MR) is 129 cm³/mol. The number of piperidine rings is 1. The summed E-state index contributed by atoms with van der Waals surface area (Å²) in [6.07, 6.45) is 2.38. The molecule has 0 aliphatic carbocycles. The van der Waals surface area contributed by atoms with Crippen LogP contribution in [0.4, 0.5) is 16.2 Å². The minimum Gasteiger partial charge on any atom is -0.355 e. The van der Waals surface area contributed by atoms with E-state index < -0.39 is 0 Å². The average Bonchev–Trinajstić information content (AvgIpc) is 2.86. The minimum absolute atomic E-state index is 0.0245. The molecule has 180 valence electrons. The zero-order chi connectivity index (χ0) is 24.1. The number of rotatable bonds is 6. The van der Waals surface area contributed by atoms with Gasteiger partial charge in [-0.15, -0.1) is 0 Å². The van der Waals surface area contributed by atoms with Crippen molar-refractivity contribution >= 4 is 17.7 Å². The second-order valence-electron chi connectivity index (χ2n) is 9.17. The third-order valence-corrected chi connectivity index (χ3v) is 6.66. The highest BCUT2D eigenvalue weighted by molar-refractivity contribution is 5.79. The Bertz CT molecular complexity index is 1040. The molecule has 0 spiro atoms. The van der Waals surface area contributed by atoms with Crippen molar-refractivity contribution < 1.29 is 9.18 Å². The molecule has 34 heavy (non-hydrogen) atoms. The monoisotopic (exact) mass is 465 g/mol. The molecule has 3 heterocycles. The Labute approximate surface area is 200 Å². The Kier molecular flexibility index (Phi) is 7.58. The van der Waals surface area contributed by atoms with Crippen molar-refractivity contribution in [2.45, 2.75) is 26.2 Å². The van der Waals surface area contributed by atoms with Crippen LogP contribution in [0.15, 0.2) is 24.3 Å². The smallest absolute Gasteiger partial charge is 0.227 e. The lowest BCUT2D eigenvalue weighted by atomic mass is 9.97. The van der Waals surface area contributed by atoms with Gasteiger partial charge in [0.15, 0.2) is 11.6 Å². The first-order valence-electron chi connectivity index (χ1n) is 11.9. The minimum atomic E-state index is -0.359. The largest absolute Gasteiger partial charge is 0.355 e. The van der Waals surface area contributed by atoms with E-state index >= 15 is 0 Å². The van der Waals surface area contributed by atoms with Crippen molar-refractivity contribution in [2.75, 3.05) is 62.7 Å². The molecule has 4 rings (SSSR count). The van der Waals surface area contributed by atoms with Crippen LogP contribution in [0.25, 0.3) is 0 Å². The number of nitriles is 1. The zero-order valence-electron chi connectivity index (χ0n) is 19.9. The molecule has 0 bridgehead atoms. The molecule has 2 aliphatic heterocycles. The summed E-state index contributed by atoms with van der Waals surface area (Å²) >= 11 is 0. The highest BCUT2D eigenvalue weighted by Gasteiger charge is 2.29.